The molecule has 1 fully saturated rings. The van der Waals surface area contributed by atoms with Gasteiger partial charge in [0.05, 0.1) is 11.7 Å². The van der Waals surface area contributed by atoms with Gasteiger partial charge in [-0.1, -0.05) is 30.3 Å². The van der Waals surface area contributed by atoms with Crippen molar-refractivity contribution in [1.29, 1.82) is 0 Å². The molecule has 2 aliphatic rings. The largest absolute Gasteiger partial charge is 0.464 e. The van der Waals surface area contributed by atoms with Gasteiger partial charge in [-0.25, -0.2) is 4.79 Å². The number of nitrogens with zero attached hydrogens (tertiary/aromatic N) is 1. The van der Waals surface area contributed by atoms with Crippen molar-refractivity contribution in [3.8, 4) is 0 Å². The van der Waals surface area contributed by atoms with Crippen molar-refractivity contribution in [2.45, 2.75) is 25.3 Å². The van der Waals surface area contributed by atoms with Gasteiger partial charge in [0.15, 0.2) is 6.04 Å². The Morgan fingerprint density at radius 2 is 2.16 bits per heavy atom. The van der Waals surface area contributed by atoms with Gasteiger partial charge >= 0.3 is 5.97 Å². The van der Waals surface area contributed by atoms with Gasteiger partial charge in [0, 0.05) is 11.7 Å². The summed E-state index contributed by atoms with van der Waals surface area (Å²) in [4.78, 5) is 16.2. The molecule has 0 aromatic heterocycles. The summed E-state index contributed by atoms with van der Waals surface area (Å²) in [5.41, 5.74) is 1.38. The Morgan fingerprint density at radius 1 is 1.37 bits per heavy atom. The lowest BCUT2D eigenvalue weighted by Gasteiger charge is -2.03. The van der Waals surface area contributed by atoms with E-state index in [0.717, 1.165) is 17.2 Å². The molecule has 1 aliphatic carbocycles. The third-order valence-corrected chi connectivity index (χ3v) is 4.75. The second-order valence-corrected chi connectivity index (χ2v) is 5.95. The van der Waals surface area contributed by atoms with Crippen LogP contribution >= 0.6 is 11.8 Å². The molecule has 1 heterocycles. The van der Waals surface area contributed by atoms with Crippen LogP contribution in [0.1, 0.15) is 24.8 Å². The Hall–Kier alpha value is -1.29. The number of carbonyl (C=O) groups is 1. The van der Waals surface area contributed by atoms with Crippen LogP contribution in [-0.4, -0.2) is 29.4 Å². The van der Waals surface area contributed by atoms with Gasteiger partial charge in [-0.05, 0) is 24.8 Å². The molecule has 0 unspecified atom stereocenters. The summed E-state index contributed by atoms with van der Waals surface area (Å²) in [6.45, 7) is 2.26. The zero-order valence-corrected chi connectivity index (χ0v) is 11.7. The van der Waals surface area contributed by atoms with Crippen LogP contribution in [0.25, 0.3) is 0 Å². The standard InChI is InChI=1S/C15H17NO2S/c1-2-18-15(17)13-9-19-14(16-13)12-8-11(12)10-6-4-3-5-7-10/h3-7,11-13H,2,8-9H2,1H3/t11-,12+,13+/m1/s1. The van der Waals surface area contributed by atoms with E-state index in [4.69, 9.17) is 4.74 Å². The number of benzene rings is 1. The van der Waals surface area contributed by atoms with Crippen LogP contribution in [0.15, 0.2) is 35.3 Å². The third kappa shape index (κ3) is 2.68. The molecule has 0 saturated heterocycles. The predicted octanol–water partition coefficient (Wildman–Crippen LogP) is 2.87. The molecular formula is C15H17NO2S. The molecule has 3 atom stereocenters. The van der Waals surface area contributed by atoms with Gasteiger partial charge in [0.1, 0.15) is 0 Å². The average molecular weight is 275 g/mol. The molecule has 1 aliphatic heterocycles. The summed E-state index contributed by atoms with van der Waals surface area (Å²) in [5.74, 6) is 1.67. The van der Waals surface area contributed by atoms with Crippen molar-refractivity contribution in [2.75, 3.05) is 12.4 Å². The Labute approximate surface area is 117 Å². The summed E-state index contributed by atoms with van der Waals surface area (Å²) < 4.78 is 5.03. The highest BCUT2D eigenvalue weighted by molar-refractivity contribution is 8.14. The van der Waals surface area contributed by atoms with Gasteiger partial charge in [-0.3, -0.25) is 4.99 Å². The predicted molar refractivity (Wildman–Crippen MR) is 77.6 cm³/mol. The summed E-state index contributed by atoms with van der Waals surface area (Å²) in [6.07, 6.45) is 1.16. The molecule has 0 N–H and O–H groups in total. The van der Waals surface area contributed by atoms with Gasteiger partial charge in [-0.15, -0.1) is 11.8 Å². The minimum Gasteiger partial charge on any atom is -0.464 e. The van der Waals surface area contributed by atoms with Gasteiger partial charge in [0.25, 0.3) is 0 Å². The van der Waals surface area contributed by atoms with E-state index in [2.05, 4.69) is 29.3 Å². The van der Waals surface area contributed by atoms with Crippen LogP contribution in [0.4, 0.5) is 0 Å². The van der Waals surface area contributed by atoms with Crippen LogP contribution in [-0.2, 0) is 9.53 Å². The summed E-state index contributed by atoms with van der Waals surface area (Å²) in [5, 5.41) is 1.15. The van der Waals surface area contributed by atoms with Crippen LogP contribution in [0.2, 0.25) is 0 Å². The van der Waals surface area contributed by atoms with Crippen molar-refractivity contribution >= 4 is 22.8 Å². The first-order chi connectivity index (χ1) is 9.29. The number of thioether (sulfide) groups is 1. The molecule has 0 bridgehead atoms. The Kier molecular flexibility index (Phi) is 3.60. The second-order valence-electron chi connectivity index (χ2n) is 4.91. The molecule has 0 radical (unpaired) electrons. The average Bonchev–Trinajstić information content (AvgIpc) is 3.09. The molecular weight excluding hydrogens is 258 g/mol. The quantitative estimate of drug-likeness (QED) is 0.793. The van der Waals surface area contributed by atoms with E-state index in [9.17, 15) is 4.79 Å². The molecule has 19 heavy (non-hydrogen) atoms. The SMILES string of the molecule is CCOC(=O)[C@@H]1CSC([C@H]2C[C@@H]2c2ccccc2)=N1. The summed E-state index contributed by atoms with van der Waals surface area (Å²) in [6, 6.07) is 10.3. The Morgan fingerprint density at radius 3 is 2.89 bits per heavy atom. The smallest absolute Gasteiger partial charge is 0.331 e. The minimum absolute atomic E-state index is 0.179. The first-order valence-corrected chi connectivity index (χ1v) is 7.70. The molecule has 1 aromatic carbocycles. The first-order valence-electron chi connectivity index (χ1n) is 6.71. The number of ether oxygens (including phenoxy) is 1. The number of carbonyl (C=O) groups excluding carboxylic acids is 1. The van der Waals surface area contributed by atoms with Crippen molar-refractivity contribution < 1.29 is 9.53 Å². The topological polar surface area (TPSA) is 38.7 Å². The van der Waals surface area contributed by atoms with E-state index >= 15 is 0 Å². The highest BCUT2D eigenvalue weighted by Gasteiger charge is 2.44. The number of aliphatic imine (C=N–C) groups is 1. The van der Waals surface area contributed by atoms with Crippen molar-refractivity contribution in [3.05, 3.63) is 35.9 Å². The zero-order chi connectivity index (χ0) is 13.2. The fourth-order valence-electron chi connectivity index (χ4n) is 2.49. The third-order valence-electron chi connectivity index (χ3n) is 3.57. The molecule has 0 amide bonds. The van der Waals surface area contributed by atoms with E-state index in [1.807, 2.05) is 13.0 Å². The van der Waals surface area contributed by atoms with Crippen molar-refractivity contribution in [3.63, 3.8) is 0 Å². The number of hydrogen-bond acceptors (Lipinski definition) is 4. The molecule has 1 aromatic rings. The normalized spacial score (nSPS) is 28.9. The minimum atomic E-state index is -0.281. The molecule has 0 spiro atoms. The van der Waals surface area contributed by atoms with Crippen molar-refractivity contribution in [1.82, 2.24) is 0 Å². The van der Waals surface area contributed by atoms with Gasteiger partial charge < -0.3 is 4.74 Å². The van der Waals surface area contributed by atoms with Crippen LogP contribution in [0.5, 0.6) is 0 Å². The fourth-order valence-corrected chi connectivity index (χ4v) is 3.71. The fraction of sp³-hybridized carbons (Fsp3) is 0.467. The Balaban J connectivity index is 1.63. The van der Waals surface area contributed by atoms with Crippen molar-refractivity contribution in [2.24, 2.45) is 10.9 Å². The maximum absolute atomic E-state index is 11.6. The first kappa shape index (κ1) is 12.7. The van der Waals surface area contributed by atoms with Crippen LogP contribution in [0.3, 0.4) is 0 Å². The molecule has 3 rings (SSSR count). The lowest BCUT2D eigenvalue weighted by Crippen LogP contribution is -2.21. The lowest BCUT2D eigenvalue weighted by atomic mass is 10.1. The van der Waals surface area contributed by atoms with E-state index in [-0.39, 0.29) is 12.0 Å². The maximum atomic E-state index is 11.6. The monoisotopic (exact) mass is 275 g/mol. The van der Waals surface area contributed by atoms with E-state index in [0.29, 0.717) is 18.4 Å². The maximum Gasteiger partial charge on any atom is 0.331 e. The molecule has 1 saturated carbocycles. The van der Waals surface area contributed by atoms with Crippen LogP contribution in [0, 0.1) is 5.92 Å². The molecule has 100 valence electrons. The second kappa shape index (κ2) is 5.37. The Bertz CT molecular complexity index is 500. The van der Waals surface area contributed by atoms with E-state index < -0.39 is 0 Å². The van der Waals surface area contributed by atoms with Gasteiger partial charge in [0.2, 0.25) is 0 Å². The number of esters is 1. The van der Waals surface area contributed by atoms with Crippen LogP contribution < -0.4 is 0 Å². The lowest BCUT2D eigenvalue weighted by molar-refractivity contribution is -0.143. The highest BCUT2D eigenvalue weighted by Crippen LogP contribution is 2.51. The number of rotatable bonds is 4. The molecule has 3 nitrogen and oxygen atoms in total. The summed E-state index contributed by atoms with van der Waals surface area (Å²) in [7, 11) is 0. The zero-order valence-electron chi connectivity index (χ0n) is 10.9. The van der Waals surface area contributed by atoms with E-state index in [1.165, 1.54) is 5.56 Å². The highest BCUT2D eigenvalue weighted by atomic mass is 32.2. The van der Waals surface area contributed by atoms with E-state index in [1.54, 1.807) is 11.8 Å². The van der Waals surface area contributed by atoms with Gasteiger partial charge in [-0.2, -0.15) is 0 Å². The summed E-state index contributed by atoms with van der Waals surface area (Å²) >= 11 is 1.72. The molecule has 4 heteroatoms. The number of hydrogen-bond donors (Lipinski definition) is 0.